The van der Waals surface area contributed by atoms with Crippen molar-refractivity contribution in [3.63, 3.8) is 0 Å². The normalized spacial score (nSPS) is 33.1. The van der Waals surface area contributed by atoms with Crippen LogP contribution < -0.4 is 0 Å². The number of Topliss-reactive ketones (excluding diaryl/α,β-unsaturated/α-hetero) is 1. The van der Waals surface area contributed by atoms with E-state index in [1.165, 1.54) is 29.8 Å². The van der Waals surface area contributed by atoms with Gasteiger partial charge >= 0.3 is 6.09 Å². The van der Waals surface area contributed by atoms with E-state index in [1.807, 2.05) is 6.08 Å². The average Bonchev–Trinajstić information content (AvgIpc) is 3.32. The van der Waals surface area contributed by atoms with Crippen LogP contribution in [0.2, 0.25) is 0 Å². The van der Waals surface area contributed by atoms with Gasteiger partial charge in [-0.3, -0.25) is 14.5 Å². The molecule has 3 saturated carbocycles. The molecule has 4 aliphatic rings. The summed E-state index contributed by atoms with van der Waals surface area (Å²) in [6, 6.07) is 12.1. The van der Waals surface area contributed by atoms with Gasteiger partial charge in [-0.25, -0.2) is 13.6 Å². The first-order valence-corrected chi connectivity index (χ1v) is 15.7. The molecule has 1 amide bonds. The smallest absolute Gasteiger partial charge is 0.410 e. The van der Waals surface area contributed by atoms with Gasteiger partial charge in [0.05, 0.1) is 0 Å². The lowest BCUT2D eigenvalue weighted by Crippen LogP contribution is -2.58. The van der Waals surface area contributed by atoms with Gasteiger partial charge in [-0.1, -0.05) is 43.7 Å². The van der Waals surface area contributed by atoms with Gasteiger partial charge in [-0.05, 0) is 110 Å². The van der Waals surface area contributed by atoms with Crippen LogP contribution in [0.1, 0.15) is 76.8 Å². The third-order valence-electron chi connectivity index (χ3n) is 11.4. The number of rotatable bonds is 6. The first-order valence-electron chi connectivity index (χ1n) is 15.7. The molecule has 0 aromatic heterocycles. The summed E-state index contributed by atoms with van der Waals surface area (Å²) in [7, 11) is 0. The van der Waals surface area contributed by atoms with Crippen molar-refractivity contribution in [1.29, 1.82) is 0 Å². The lowest BCUT2D eigenvalue weighted by atomic mass is 9.46. The molecule has 0 aliphatic heterocycles. The fraction of sp³-hybridized carbons (Fsp3) is 0.528. The van der Waals surface area contributed by atoms with Gasteiger partial charge in [0.2, 0.25) is 0 Å². The van der Waals surface area contributed by atoms with Gasteiger partial charge in [0, 0.05) is 31.3 Å². The van der Waals surface area contributed by atoms with Crippen molar-refractivity contribution in [3.05, 3.63) is 82.9 Å². The molecule has 0 N–H and O–H groups in total. The Labute approximate surface area is 252 Å². The highest BCUT2D eigenvalue weighted by Crippen LogP contribution is 2.67. The van der Waals surface area contributed by atoms with Gasteiger partial charge in [0.1, 0.15) is 23.5 Å². The zero-order chi connectivity index (χ0) is 30.5. The Morgan fingerprint density at radius 2 is 1.51 bits per heavy atom. The summed E-state index contributed by atoms with van der Waals surface area (Å²) in [5, 5.41) is 0. The highest BCUT2D eigenvalue weighted by Gasteiger charge is 2.63. The van der Waals surface area contributed by atoms with E-state index in [1.54, 1.807) is 36.1 Å². The number of benzene rings is 2. The van der Waals surface area contributed by atoms with E-state index in [-0.39, 0.29) is 59.0 Å². The first-order chi connectivity index (χ1) is 20.5. The average molecular weight is 590 g/mol. The maximum atomic E-state index is 14.2. The summed E-state index contributed by atoms with van der Waals surface area (Å²) in [4.78, 5) is 41.1. The van der Waals surface area contributed by atoms with Crippen LogP contribution in [0, 0.1) is 46.1 Å². The van der Waals surface area contributed by atoms with Crippen LogP contribution in [-0.4, -0.2) is 28.7 Å². The molecule has 4 aliphatic carbocycles. The quantitative estimate of drug-likeness (QED) is 0.345. The summed E-state index contributed by atoms with van der Waals surface area (Å²) in [5.74, 6) is 0.300. The molecule has 228 valence electrons. The Balaban J connectivity index is 1.35. The third-order valence-corrected chi connectivity index (χ3v) is 11.4. The number of ether oxygens (including phenoxy) is 1. The Morgan fingerprint density at radius 3 is 2.09 bits per heavy atom. The van der Waals surface area contributed by atoms with Crippen LogP contribution in [0.3, 0.4) is 0 Å². The van der Waals surface area contributed by atoms with Crippen LogP contribution in [0.4, 0.5) is 13.6 Å². The lowest BCUT2D eigenvalue weighted by Gasteiger charge is -2.60. The van der Waals surface area contributed by atoms with E-state index >= 15 is 0 Å². The molecule has 2 aromatic rings. The maximum Gasteiger partial charge on any atom is 0.410 e. The van der Waals surface area contributed by atoms with Crippen molar-refractivity contribution < 1.29 is 27.9 Å². The zero-order valence-electron chi connectivity index (χ0n) is 25.3. The second-order valence-electron chi connectivity index (χ2n) is 13.9. The van der Waals surface area contributed by atoms with Crippen LogP contribution in [0.25, 0.3) is 0 Å². The first kappa shape index (κ1) is 29.7. The van der Waals surface area contributed by atoms with Crippen LogP contribution in [0.15, 0.2) is 60.2 Å². The van der Waals surface area contributed by atoms with Crippen molar-refractivity contribution in [2.24, 2.45) is 34.5 Å². The number of fused-ring (bicyclic) bond motifs is 5. The highest BCUT2D eigenvalue weighted by atomic mass is 19.1. The van der Waals surface area contributed by atoms with Gasteiger partial charge in [0.25, 0.3) is 0 Å². The van der Waals surface area contributed by atoms with Gasteiger partial charge < -0.3 is 4.74 Å². The monoisotopic (exact) mass is 589 g/mol. The number of allylic oxidation sites excluding steroid dienone is 1. The maximum absolute atomic E-state index is 14.2. The van der Waals surface area contributed by atoms with E-state index in [9.17, 15) is 23.2 Å². The van der Waals surface area contributed by atoms with Gasteiger partial charge in [0.15, 0.2) is 5.78 Å². The number of ketones is 2. The van der Waals surface area contributed by atoms with E-state index in [0.717, 1.165) is 43.2 Å². The molecule has 5 nitrogen and oxygen atoms in total. The molecule has 0 heterocycles. The number of carbonyl (C=O) groups excluding carboxylic acids is 3. The zero-order valence-corrected chi connectivity index (χ0v) is 25.3. The molecule has 0 saturated heterocycles. The van der Waals surface area contributed by atoms with E-state index < -0.39 is 12.2 Å². The van der Waals surface area contributed by atoms with Gasteiger partial charge in [-0.15, -0.1) is 0 Å². The van der Waals surface area contributed by atoms with E-state index in [4.69, 9.17) is 4.74 Å². The second kappa shape index (κ2) is 11.3. The Bertz CT molecular complexity index is 1390. The van der Waals surface area contributed by atoms with Crippen molar-refractivity contribution in [2.45, 2.75) is 84.9 Å². The van der Waals surface area contributed by atoms with Crippen LogP contribution in [-0.2, 0) is 27.4 Å². The Kier molecular flexibility index (Phi) is 7.80. The topological polar surface area (TPSA) is 63.7 Å². The molecular weight excluding hydrogens is 548 g/mol. The molecule has 6 rings (SSSR count). The van der Waals surface area contributed by atoms with Crippen molar-refractivity contribution >= 4 is 17.7 Å². The Morgan fingerprint density at radius 1 is 0.907 bits per heavy atom. The fourth-order valence-electron chi connectivity index (χ4n) is 9.44. The summed E-state index contributed by atoms with van der Waals surface area (Å²) in [6.45, 7) is 6.56. The highest BCUT2D eigenvalue weighted by molar-refractivity contribution is 5.91. The molecular formula is C36H41F2NO4. The van der Waals surface area contributed by atoms with Crippen LogP contribution >= 0.6 is 0 Å². The minimum absolute atomic E-state index is 0.0480. The molecule has 7 atom stereocenters. The summed E-state index contributed by atoms with van der Waals surface area (Å²) < 4.78 is 33.9. The van der Waals surface area contributed by atoms with Crippen LogP contribution in [0.5, 0.6) is 0 Å². The number of carbonyl (C=O) groups is 3. The number of hydrogen-bond acceptors (Lipinski definition) is 4. The van der Waals surface area contributed by atoms with Crippen molar-refractivity contribution in [1.82, 2.24) is 4.90 Å². The fourth-order valence-corrected chi connectivity index (χ4v) is 9.44. The predicted molar refractivity (Wildman–Crippen MR) is 159 cm³/mol. The lowest BCUT2D eigenvalue weighted by molar-refractivity contribution is -0.146. The molecule has 3 fully saturated rings. The number of amides is 1. The third kappa shape index (κ3) is 5.44. The molecule has 43 heavy (non-hydrogen) atoms. The van der Waals surface area contributed by atoms with E-state index in [0.29, 0.717) is 24.7 Å². The number of nitrogens with zero attached hydrogens (tertiary/aromatic N) is 1. The van der Waals surface area contributed by atoms with Crippen molar-refractivity contribution in [2.75, 3.05) is 0 Å². The minimum Gasteiger partial charge on any atom is -0.446 e. The van der Waals surface area contributed by atoms with Gasteiger partial charge in [-0.2, -0.15) is 0 Å². The van der Waals surface area contributed by atoms with Crippen molar-refractivity contribution in [3.8, 4) is 0 Å². The number of hydrogen-bond donors (Lipinski definition) is 0. The summed E-state index contributed by atoms with van der Waals surface area (Å²) in [5.41, 5.74) is 2.16. The summed E-state index contributed by atoms with van der Waals surface area (Å²) >= 11 is 0. The molecule has 0 bridgehead atoms. The van der Waals surface area contributed by atoms with E-state index in [2.05, 4.69) is 13.8 Å². The molecule has 1 unspecified atom stereocenters. The standard InChI is InChI=1S/C36H41F2NO4/c1-22(40)30-14-15-31-29-13-8-25-18-28(41)16-17-35(25,2)33(29)32(19-36(30,31)3)43-34(42)39(20-23-4-9-26(37)10-5-23)21-24-6-11-27(38)12-7-24/h4-7,9-12,18,29-33H,8,13-17,19-21H2,1-3H3/t29-,30+,31-,32?,33+,35-,36+/m0/s1. The molecule has 2 aromatic carbocycles. The summed E-state index contributed by atoms with van der Waals surface area (Å²) in [6.07, 6.45) is 6.41. The predicted octanol–water partition coefficient (Wildman–Crippen LogP) is 7.82. The largest absolute Gasteiger partial charge is 0.446 e. The minimum atomic E-state index is -0.483. The SMILES string of the molecule is CC(=O)[C@H]1CC[C@H]2[C@@H]3CCC4=CC(=O)CC[C@]4(C)[C@H]3C(OC(=O)N(Cc3ccc(F)cc3)Cc3ccc(F)cc3)C[C@]12C. The number of halogens is 2. The Hall–Kier alpha value is -3.35. The molecule has 0 radical (unpaired) electrons. The molecule has 0 spiro atoms. The molecule has 7 heteroatoms. The second-order valence-corrected chi connectivity index (χ2v) is 13.9.